The van der Waals surface area contributed by atoms with Crippen LogP contribution in [0.2, 0.25) is 0 Å². The Morgan fingerprint density at radius 3 is 2.86 bits per heavy atom. The third-order valence-electron chi connectivity index (χ3n) is 3.37. The normalized spacial score (nSPS) is 17.0. The lowest BCUT2D eigenvalue weighted by Gasteiger charge is -2.14. The van der Waals surface area contributed by atoms with Crippen LogP contribution in [0, 0.1) is 5.92 Å². The number of amides is 1. The lowest BCUT2D eigenvalue weighted by atomic mass is 10.1. The van der Waals surface area contributed by atoms with Gasteiger partial charge in [0.2, 0.25) is 5.91 Å². The topological polar surface area (TPSA) is 59.6 Å². The zero-order valence-corrected chi connectivity index (χ0v) is 12.9. The fraction of sp³-hybridized carbons (Fsp3) is 0.500. The molecule has 1 aromatic rings. The lowest BCUT2D eigenvalue weighted by Crippen LogP contribution is -2.31. The zero-order valence-electron chi connectivity index (χ0n) is 12.1. The van der Waals surface area contributed by atoms with Gasteiger partial charge in [0.15, 0.2) is 0 Å². The number of benzene rings is 1. The maximum absolute atomic E-state index is 12.4. The quantitative estimate of drug-likeness (QED) is 0.833. The number of alkyl halides is 2. The van der Waals surface area contributed by atoms with Crippen LogP contribution in [-0.4, -0.2) is 32.7 Å². The largest absolute Gasteiger partial charge is 0.497 e. The van der Waals surface area contributed by atoms with Gasteiger partial charge in [0.1, 0.15) is 11.5 Å². The van der Waals surface area contributed by atoms with Crippen molar-refractivity contribution in [2.45, 2.75) is 19.6 Å². The molecule has 1 unspecified atom stereocenters. The highest BCUT2D eigenvalue weighted by Crippen LogP contribution is 2.25. The molecular formula is C14H19ClF2N2O3. The van der Waals surface area contributed by atoms with Gasteiger partial charge >= 0.3 is 6.61 Å². The highest BCUT2D eigenvalue weighted by atomic mass is 35.5. The molecule has 5 nitrogen and oxygen atoms in total. The van der Waals surface area contributed by atoms with E-state index >= 15 is 0 Å². The second-order valence-electron chi connectivity index (χ2n) is 4.76. The number of carbonyl (C=O) groups is 1. The first-order chi connectivity index (χ1) is 10.1. The number of methoxy groups -OCH3 is 1. The average molecular weight is 337 g/mol. The Balaban J connectivity index is 0.00000242. The summed E-state index contributed by atoms with van der Waals surface area (Å²) in [7, 11) is 1.48. The minimum atomic E-state index is -2.91. The average Bonchev–Trinajstić information content (AvgIpc) is 2.99. The Kier molecular flexibility index (Phi) is 7.34. The molecule has 1 aliphatic heterocycles. The van der Waals surface area contributed by atoms with Gasteiger partial charge in [-0.1, -0.05) is 0 Å². The summed E-state index contributed by atoms with van der Waals surface area (Å²) in [6, 6.07) is 4.51. The van der Waals surface area contributed by atoms with Crippen molar-refractivity contribution in [3.63, 3.8) is 0 Å². The molecule has 0 spiro atoms. The summed E-state index contributed by atoms with van der Waals surface area (Å²) >= 11 is 0. The van der Waals surface area contributed by atoms with E-state index < -0.39 is 6.61 Å². The molecule has 124 valence electrons. The van der Waals surface area contributed by atoms with E-state index in [1.54, 1.807) is 6.07 Å². The Morgan fingerprint density at radius 2 is 2.27 bits per heavy atom. The maximum atomic E-state index is 12.4. The summed E-state index contributed by atoms with van der Waals surface area (Å²) in [5.41, 5.74) is 0.453. The van der Waals surface area contributed by atoms with E-state index in [9.17, 15) is 13.6 Å². The number of rotatable bonds is 6. The van der Waals surface area contributed by atoms with Gasteiger partial charge in [-0.15, -0.1) is 12.4 Å². The monoisotopic (exact) mass is 336 g/mol. The molecule has 0 bridgehead atoms. The number of hydrogen-bond acceptors (Lipinski definition) is 4. The van der Waals surface area contributed by atoms with Crippen molar-refractivity contribution in [1.82, 2.24) is 10.6 Å². The van der Waals surface area contributed by atoms with E-state index in [0.717, 1.165) is 13.0 Å². The summed E-state index contributed by atoms with van der Waals surface area (Å²) < 4.78 is 34.3. The molecule has 1 fully saturated rings. The fourth-order valence-corrected chi connectivity index (χ4v) is 2.24. The molecule has 2 rings (SSSR count). The number of hydrogen-bond donors (Lipinski definition) is 2. The molecule has 0 aliphatic carbocycles. The third kappa shape index (κ3) is 4.99. The summed E-state index contributed by atoms with van der Waals surface area (Å²) in [6.07, 6.45) is 0.782. The van der Waals surface area contributed by atoms with Gasteiger partial charge in [0.05, 0.1) is 13.0 Å². The molecule has 0 aromatic heterocycles. The molecule has 1 saturated heterocycles. The molecule has 8 heteroatoms. The van der Waals surface area contributed by atoms with Crippen molar-refractivity contribution in [2.75, 3.05) is 20.2 Å². The highest BCUT2D eigenvalue weighted by molar-refractivity contribution is 5.85. The lowest BCUT2D eigenvalue weighted by molar-refractivity contribution is -0.124. The van der Waals surface area contributed by atoms with Crippen molar-refractivity contribution in [1.29, 1.82) is 0 Å². The van der Waals surface area contributed by atoms with Crippen LogP contribution in [0.3, 0.4) is 0 Å². The van der Waals surface area contributed by atoms with Gasteiger partial charge in [0, 0.05) is 18.7 Å². The van der Waals surface area contributed by atoms with Crippen LogP contribution in [0.4, 0.5) is 8.78 Å². The van der Waals surface area contributed by atoms with Crippen LogP contribution in [-0.2, 0) is 11.3 Å². The molecular weight excluding hydrogens is 318 g/mol. The molecule has 1 aliphatic rings. The Morgan fingerprint density at radius 1 is 1.50 bits per heavy atom. The van der Waals surface area contributed by atoms with Crippen molar-refractivity contribution in [3.8, 4) is 11.5 Å². The molecule has 1 atom stereocenters. The van der Waals surface area contributed by atoms with Crippen molar-refractivity contribution >= 4 is 18.3 Å². The van der Waals surface area contributed by atoms with Gasteiger partial charge in [-0.2, -0.15) is 8.78 Å². The summed E-state index contributed by atoms with van der Waals surface area (Å²) in [4.78, 5) is 11.9. The van der Waals surface area contributed by atoms with E-state index in [1.165, 1.54) is 19.2 Å². The smallest absolute Gasteiger partial charge is 0.387 e. The molecule has 2 N–H and O–H groups in total. The van der Waals surface area contributed by atoms with Crippen LogP contribution < -0.4 is 20.1 Å². The van der Waals surface area contributed by atoms with Crippen LogP contribution >= 0.6 is 12.4 Å². The second-order valence-corrected chi connectivity index (χ2v) is 4.76. The van der Waals surface area contributed by atoms with Crippen LogP contribution in [0.5, 0.6) is 11.5 Å². The predicted molar refractivity (Wildman–Crippen MR) is 79.7 cm³/mol. The Hall–Kier alpha value is -1.60. The van der Waals surface area contributed by atoms with E-state index in [0.29, 0.717) is 17.9 Å². The van der Waals surface area contributed by atoms with Gasteiger partial charge in [-0.3, -0.25) is 4.79 Å². The van der Waals surface area contributed by atoms with E-state index in [1.807, 2.05) is 0 Å². The fourth-order valence-electron chi connectivity index (χ4n) is 2.24. The number of ether oxygens (including phenoxy) is 2. The van der Waals surface area contributed by atoms with Crippen LogP contribution in [0.25, 0.3) is 0 Å². The molecule has 0 saturated carbocycles. The SMILES string of the molecule is COc1ccc(OC(F)F)c(CNC(=O)C2CCNC2)c1.Cl. The number of nitrogens with one attached hydrogen (secondary N) is 2. The van der Waals surface area contributed by atoms with Gasteiger partial charge < -0.3 is 20.1 Å². The van der Waals surface area contributed by atoms with E-state index in [-0.39, 0.29) is 36.5 Å². The maximum Gasteiger partial charge on any atom is 0.387 e. The first kappa shape index (κ1) is 18.4. The number of halogens is 3. The summed E-state index contributed by atoms with van der Waals surface area (Å²) in [6.45, 7) is -1.33. The summed E-state index contributed by atoms with van der Waals surface area (Å²) in [5.74, 6) is 0.389. The first-order valence-corrected chi connectivity index (χ1v) is 6.70. The standard InChI is InChI=1S/C14H18F2N2O3.ClH/c1-20-11-2-3-12(21-14(15)16)10(6-11)8-18-13(19)9-4-5-17-7-9;/h2-3,6,9,14,17H,4-5,7-8H2,1H3,(H,18,19);1H. The van der Waals surface area contributed by atoms with Crippen LogP contribution in [0.1, 0.15) is 12.0 Å². The molecule has 22 heavy (non-hydrogen) atoms. The van der Waals surface area contributed by atoms with E-state index in [4.69, 9.17) is 4.74 Å². The van der Waals surface area contributed by atoms with Gasteiger partial charge in [0.25, 0.3) is 0 Å². The van der Waals surface area contributed by atoms with Gasteiger partial charge in [-0.25, -0.2) is 0 Å². The second kappa shape index (κ2) is 8.75. The van der Waals surface area contributed by atoms with Gasteiger partial charge in [-0.05, 0) is 31.2 Å². The Bertz CT molecular complexity index is 497. The first-order valence-electron chi connectivity index (χ1n) is 6.70. The molecule has 0 radical (unpaired) electrons. The number of carbonyl (C=O) groups excluding carboxylic acids is 1. The molecule has 1 amide bonds. The minimum absolute atomic E-state index is 0. The third-order valence-corrected chi connectivity index (χ3v) is 3.37. The van der Waals surface area contributed by atoms with Crippen molar-refractivity contribution in [3.05, 3.63) is 23.8 Å². The van der Waals surface area contributed by atoms with E-state index in [2.05, 4.69) is 15.4 Å². The van der Waals surface area contributed by atoms with Crippen LogP contribution in [0.15, 0.2) is 18.2 Å². The highest BCUT2D eigenvalue weighted by Gasteiger charge is 2.22. The predicted octanol–water partition coefficient (Wildman–Crippen LogP) is 1.94. The van der Waals surface area contributed by atoms with Crippen molar-refractivity contribution < 1.29 is 23.0 Å². The summed E-state index contributed by atoms with van der Waals surface area (Å²) in [5, 5.41) is 5.85. The Labute approximate surface area is 133 Å². The van der Waals surface area contributed by atoms with Crippen molar-refractivity contribution in [2.24, 2.45) is 5.92 Å². The zero-order chi connectivity index (χ0) is 15.2. The molecule has 1 aromatic carbocycles. The minimum Gasteiger partial charge on any atom is -0.497 e. The molecule has 1 heterocycles.